The fourth-order valence-corrected chi connectivity index (χ4v) is 3.89. The lowest BCUT2D eigenvalue weighted by atomic mass is 9.70. The molecule has 1 fully saturated rings. The molecule has 1 aliphatic rings. The third-order valence-corrected chi connectivity index (χ3v) is 5.37. The normalized spacial score (nSPS) is 27.8. The quantitative estimate of drug-likeness (QED) is 0.864. The number of benzene rings is 1. The van der Waals surface area contributed by atoms with Crippen LogP contribution in [0.2, 0.25) is 5.02 Å². The first-order valence-corrected chi connectivity index (χ1v) is 8.40. The van der Waals surface area contributed by atoms with Crippen LogP contribution in [0.15, 0.2) is 24.3 Å². The Labute approximate surface area is 134 Å². The van der Waals surface area contributed by atoms with E-state index in [9.17, 15) is 5.11 Å². The number of nitrogens with zero attached hydrogens (tertiary/aromatic N) is 1. The maximum atomic E-state index is 9.95. The fraction of sp³-hybridized carbons (Fsp3) is 0.667. The average molecular weight is 310 g/mol. The molecule has 3 unspecified atom stereocenters. The molecule has 0 heterocycles. The molecular weight excluding hydrogens is 282 g/mol. The molecule has 1 aromatic carbocycles. The van der Waals surface area contributed by atoms with E-state index in [1.807, 2.05) is 12.1 Å². The lowest BCUT2D eigenvalue weighted by Crippen LogP contribution is -2.42. The van der Waals surface area contributed by atoms with Gasteiger partial charge < -0.3 is 5.11 Å². The molecule has 1 aliphatic carbocycles. The fourth-order valence-electron chi connectivity index (χ4n) is 3.77. The summed E-state index contributed by atoms with van der Waals surface area (Å²) in [5, 5.41) is 10.7. The predicted octanol–water partition coefficient (Wildman–Crippen LogP) is 4.52. The molecule has 118 valence electrons. The van der Waals surface area contributed by atoms with Gasteiger partial charge >= 0.3 is 0 Å². The summed E-state index contributed by atoms with van der Waals surface area (Å²) in [6, 6.07) is 8.43. The van der Waals surface area contributed by atoms with Crippen LogP contribution in [0.25, 0.3) is 0 Å². The minimum atomic E-state index is 0.0765. The number of halogens is 1. The van der Waals surface area contributed by atoms with E-state index in [-0.39, 0.29) is 5.41 Å². The van der Waals surface area contributed by atoms with E-state index < -0.39 is 0 Å². The molecule has 0 bridgehead atoms. The highest BCUT2D eigenvalue weighted by Gasteiger charge is 2.36. The van der Waals surface area contributed by atoms with Crippen LogP contribution in [-0.4, -0.2) is 30.2 Å². The Balaban J connectivity index is 2.04. The summed E-state index contributed by atoms with van der Waals surface area (Å²) in [5.41, 5.74) is 1.35. The first-order valence-electron chi connectivity index (χ1n) is 8.02. The maximum Gasteiger partial charge on any atom is 0.0499 e. The molecule has 0 amide bonds. The first kappa shape index (κ1) is 16.8. The highest BCUT2D eigenvalue weighted by Crippen LogP contribution is 2.40. The minimum absolute atomic E-state index is 0.0765. The van der Waals surface area contributed by atoms with Gasteiger partial charge in [0.15, 0.2) is 0 Å². The largest absolute Gasteiger partial charge is 0.396 e. The van der Waals surface area contributed by atoms with Gasteiger partial charge in [0.25, 0.3) is 0 Å². The SMILES string of the molecule is CC1CCCC(CO)(CN(C)C(C)c2ccc(Cl)cc2)C1. The van der Waals surface area contributed by atoms with Crippen molar-refractivity contribution in [2.24, 2.45) is 11.3 Å². The lowest BCUT2D eigenvalue weighted by molar-refractivity contribution is 0.0214. The molecule has 1 N–H and O–H groups in total. The van der Waals surface area contributed by atoms with Crippen LogP contribution in [-0.2, 0) is 0 Å². The maximum absolute atomic E-state index is 9.95. The zero-order valence-corrected chi connectivity index (χ0v) is 14.2. The van der Waals surface area contributed by atoms with Gasteiger partial charge in [0, 0.05) is 29.6 Å². The van der Waals surface area contributed by atoms with Gasteiger partial charge in [-0.2, -0.15) is 0 Å². The third kappa shape index (κ3) is 4.21. The first-order chi connectivity index (χ1) is 9.96. The van der Waals surface area contributed by atoms with Gasteiger partial charge in [0.05, 0.1) is 0 Å². The second-order valence-corrected chi connectivity index (χ2v) is 7.44. The molecule has 0 saturated heterocycles. The monoisotopic (exact) mass is 309 g/mol. The van der Waals surface area contributed by atoms with E-state index in [0.29, 0.717) is 12.6 Å². The smallest absolute Gasteiger partial charge is 0.0499 e. The van der Waals surface area contributed by atoms with Gasteiger partial charge in [0.2, 0.25) is 0 Å². The van der Waals surface area contributed by atoms with Gasteiger partial charge in [-0.3, -0.25) is 4.90 Å². The Morgan fingerprint density at radius 1 is 1.38 bits per heavy atom. The Morgan fingerprint density at radius 3 is 2.62 bits per heavy atom. The van der Waals surface area contributed by atoms with Crippen molar-refractivity contribution in [3.63, 3.8) is 0 Å². The molecule has 0 radical (unpaired) electrons. The van der Waals surface area contributed by atoms with Crippen molar-refractivity contribution >= 4 is 11.6 Å². The molecule has 2 nitrogen and oxygen atoms in total. The zero-order chi connectivity index (χ0) is 15.5. The summed E-state index contributed by atoms with van der Waals surface area (Å²) in [4.78, 5) is 2.37. The molecule has 3 atom stereocenters. The van der Waals surface area contributed by atoms with Crippen molar-refractivity contribution in [2.75, 3.05) is 20.2 Å². The highest BCUT2D eigenvalue weighted by molar-refractivity contribution is 6.30. The lowest BCUT2D eigenvalue weighted by Gasteiger charge is -2.42. The van der Waals surface area contributed by atoms with E-state index in [2.05, 4.69) is 37.9 Å². The number of hydrogen-bond donors (Lipinski definition) is 1. The van der Waals surface area contributed by atoms with E-state index in [4.69, 9.17) is 11.6 Å². The van der Waals surface area contributed by atoms with Crippen LogP contribution < -0.4 is 0 Å². The van der Waals surface area contributed by atoms with Gasteiger partial charge in [-0.1, -0.05) is 43.5 Å². The van der Waals surface area contributed by atoms with Crippen molar-refractivity contribution in [3.8, 4) is 0 Å². The summed E-state index contributed by atoms with van der Waals surface area (Å²) < 4.78 is 0. The second-order valence-electron chi connectivity index (χ2n) is 7.00. The number of rotatable bonds is 5. The summed E-state index contributed by atoms with van der Waals surface area (Å²) >= 11 is 5.97. The van der Waals surface area contributed by atoms with E-state index in [1.165, 1.54) is 18.4 Å². The van der Waals surface area contributed by atoms with E-state index in [0.717, 1.165) is 30.3 Å². The van der Waals surface area contributed by atoms with Crippen molar-refractivity contribution < 1.29 is 5.11 Å². The molecular formula is C18H28ClNO. The topological polar surface area (TPSA) is 23.5 Å². The van der Waals surface area contributed by atoms with Gasteiger partial charge in [-0.05, 0) is 50.4 Å². The third-order valence-electron chi connectivity index (χ3n) is 5.12. The Bertz CT molecular complexity index is 447. The van der Waals surface area contributed by atoms with Gasteiger partial charge in [0.1, 0.15) is 0 Å². The van der Waals surface area contributed by atoms with Crippen LogP contribution in [0.3, 0.4) is 0 Å². The predicted molar refractivity (Wildman–Crippen MR) is 89.6 cm³/mol. The molecule has 0 spiro atoms. The van der Waals surface area contributed by atoms with Crippen molar-refractivity contribution in [1.82, 2.24) is 4.90 Å². The Morgan fingerprint density at radius 2 is 2.05 bits per heavy atom. The molecule has 2 rings (SSSR count). The minimum Gasteiger partial charge on any atom is -0.396 e. The zero-order valence-electron chi connectivity index (χ0n) is 13.5. The van der Waals surface area contributed by atoms with Crippen molar-refractivity contribution in [1.29, 1.82) is 0 Å². The van der Waals surface area contributed by atoms with Crippen molar-refractivity contribution in [2.45, 2.75) is 45.6 Å². The van der Waals surface area contributed by atoms with Crippen LogP contribution in [0.5, 0.6) is 0 Å². The molecule has 0 aromatic heterocycles. The van der Waals surface area contributed by atoms with Crippen LogP contribution in [0.4, 0.5) is 0 Å². The number of aliphatic hydroxyl groups excluding tert-OH is 1. The van der Waals surface area contributed by atoms with Gasteiger partial charge in [-0.25, -0.2) is 0 Å². The molecule has 1 aromatic rings. The van der Waals surface area contributed by atoms with Crippen LogP contribution in [0, 0.1) is 11.3 Å². The second kappa shape index (κ2) is 7.13. The Hall–Kier alpha value is -0.570. The van der Waals surface area contributed by atoms with E-state index >= 15 is 0 Å². The highest BCUT2D eigenvalue weighted by atomic mass is 35.5. The van der Waals surface area contributed by atoms with Crippen LogP contribution >= 0.6 is 11.6 Å². The van der Waals surface area contributed by atoms with Crippen molar-refractivity contribution in [3.05, 3.63) is 34.9 Å². The number of hydrogen-bond acceptors (Lipinski definition) is 2. The summed E-state index contributed by atoms with van der Waals surface area (Å²) in [7, 11) is 2.16. The average Bonchev–Trinajstić information content (AvgIpc) is 2.47. The standard InChI is InChI=1S/C18H28ClNO/c1-14-5-4-10-18(11-14,13-21)12-20(3)15(2)16-6-8-17(19)9-7-16/h6-9,14-15,21H,4-5,10-13H2,1-3H3. The van der Waals surface area contributed by atoms with Gasteiger partial charge in [-0.15, -0.1) is 0 Å². The molecule has 0 aliphatic heterocycles. The molecule has 1 saturated carbocycles. The Kier molecular flexibility index (Phi) is 5.70. The summed E-state index contributed by atoms with van der Waals surface area (Å²) in [5.74, 6) is 0.727. The van der Waals surface area contributed by atoms with Crippen LogP contribution in [0.1, 0.15) is 51.1 Å². The summed E-state index contributed by atoms with van der Waals surface area (Å²) in [6.07, 6.45) is 4.83. The van der Waals surface area contributed by atoms with E-state index in [1.54, 1.807) is 0 Å². The molecule has 3 heteroatoms. The summed E-state index contributed by atoms with van der Waals surface area (Å²) in [6.45, 7) is 5.79. The molecule has 21 heavy (non-hydrogen) atoms. The number of aliphatic hydroxyl groups is 1.